The first kappa shape index (κ1) is 36.3. The summed E-state index contributed by atoms with van der Waals surface area (Å²) in [5, 5.41) is 14.9. The summed E-state index contributed by atoms with van der Waals surface area (Å²) in [7, 11) is -3.20. The Labute approximate surface area is 150 Å². The van der Waals surface area contributed by atoms with Gasteiger partial charge >= 0.3 is 72.9 Å². The van der Waals surface area contributed by atoms with Crippen molar-refractivity contribution in [3.8, 4) is 0 Å². The number of carboxylic acid groups (broad SMARTS) is 1. The minimum absolute atomic E-state index is 0. The van der Waals surface area contributed by atoms with Gasteiger partial charge in [-0.05, 0) is 0 Å². The molecule has 11 nitrogen and oxygen atoms in total. The first-order valence-electron chi connectivity index (χ1n) is 3.09. The van der Waals surface area contributed by atoms with Crippen molar-refractivity contribution in [2.75, 3.05) is 13.6 Å². The summed E-state index contributed by atoms with van der Waals surface area (Å²) < 4.78 is 8.88. The monoisotopic (exact) mass is 313 g/mol. The third-order valence-electron chi connectivity index (χ3n) is 0.784. The van der Waals surface area contributed by atoms with E-state index in [-0.39, 0.29) is 85.4 Å². The molecule has 11 N–H and O–H groups in total. The molecule has 0 atom stereocenters. The number of aliphatic carboxylic acids is 1. The minimum Gasteiger partial charge on any atom is -1.00 e. The van der Waals surface area contributed by atoms with E-state index in [2.05, 4.69) is 0 Å². The average Bonchev–Trinajstić information content (AvgIpc) is 1.80. The topological polar surface area (TPSA) is 231 Å². The smallest absolute Gasteiger partial charge is 1.00 e. The van der Waals surface area contributed by atoms with E-state index in [0.29, 0.717) is 0 Å². The molecule has 0 bridgehead atoms. The number of carboxylic acids is 1. The molecule has 0 radical (unpaired) electrons. The van der Waals surface area contributed by atoms with Crippen LogP contribution in [-0.4, -0.2) is 61.2 Å². The molecule has 18 heavy (non-hydrogen) atoms. The van der Waals surface area contributed by atoms with E-state index < -0.39 is 13.8 Å². The third-order valence-corrected chi connectivity index (χ3v) is 0.784. The van der Waals surface area contributed by atoms with Crippen molar-refractivity contribution < 1.29 is 102 Å². The van der Waals surface area contributed by atoms with Crippen molar-refractivity contribution in [2.24, 2.45) is 5.73 Å². The van der Waals surface area contributed by atoms with E-state index in [0.717, 1.165) is 4.90 Å². The van der Waals surface area contributed by atoms with Crippen LogP contribution in [0.1, 0.15) is 2.85 Å². The Kier molecular flexibility index (Phi) is 35.9. The third kappa shape index (κ3) is 54.2. The van der Waals surface area contributed by atoms with E-state index in [4.69, 9.17) is 35.5 Å². The fourth-order valence-electron chi connectivity index (χ4n) is 0.288. The standard InChI is InChI=1S/C4H9N3O2.2Na.H3O4P.2H2O.2H/c1-7(4(5)6)2-3(8)9;;;1-5(2,3)4;;;;/h2H2,1H3,(H3,5,6)(H,8,9);;;(H3,1,2,3,4);2*1H2;;/q;2*+1;;;;2*-1. The number of hydrogen-bond donors (Lipinski definition) is 6. The average molecular weight is 313 g/mol. The first-order chi connectivity index (χ1) is 6.04. The SMILES string of the molecule is CN(CC(=O)O)C(=N)N.O.O.O=P(O)(O)O.[H-].[H-].[Na+].[Na+]. The van der Waals surface area contributed by atoms with E-state index in [9.17, 15) is 4.79 Å². The van der Waals surface area contributed by atoms with Crippen LogP contribution < -0.4 is 64.8 Å². The Morgan fingerprint density at radius 1 is 1.33 bits per heavy atom. The fraction of sp³-hybridized carbons (Fsp3) is 0.500. The van der Waals surface area contributed by atoms with Crippen LogP contribution in [0.3, 0.4) is 0 Å². The molecule has 14 heteroatoms. The number of rotatable bonds is 2. The normalized spacial score (nSPS) is 7.56. The summed E-state index contributed by atoms with van der Waals surface area (Å²) in [6.07, 6.45) is 0. The van der Waals surface area contributed by atoms with Gasteiger partial charge < -0.3 is 44.2 Å². The maximum absolute atomic E-state index is 9.92. The zero-order valence-corrected chi connectivity index (χ0v) is 15.2. The molecule has 0 unspecified atom stereocenters. The summed E-state index contributed by atoms with van der Waals surface area (Å²) in [5.41, 5.74) is 4.93. The van der Waals surface area contributed by atoms with Gasteiger partial charge in [-0.1, -0.05) is 0 Å². The molecule has 104 valence electrons. The van der Waals surface area contributed by atoms with Gasteiger partial charge in [0.1, 0.15) is 6.54 Å². The van der Waals surface area contributed by atoms with Gasteiger partial charge in [0.15, 0.2) is 5.96 Å². The van der Waals surface area contributed by atoms with Gasteiger partial charge in [-0.3, -0.25) is 10.2 Å². The molecule has 0 spiro atoms. The molecule has 0 aromatic rings. The molecule has 0 aromatic heterocycles. The van der Waals surface area contributed by atoms with Crippen LogP contribution in [0.4, 0.5) is 0 Å². The number of phosphoric acid groups is 1. The van der Waals surface area contributed by atoms with Crippen LogP contribution >= 0.6 is 7.82 Å². The summed E-state index contributed by atoms with van der Waals surface area (Å²) in [5.74, 6) is -1.23. The van der Waals surface area contributed by atoms with Gasteiger partial charge in [0.2, 0.25) is 0 Å². The van der Waals surface area contributed by atoms with E-state index in [1.807, 2.05) is 0 Å². The zero-order valence-electron chi connectivity index (χ0n) is 12.3. The second kappa shape index (κ2) is 17.8. The second-order valence-electron chi connectivity index (χ2n) is 2.15. The quantitative estimate of drug-likeness (QED) is 0.124. The molecule has 0 amide bonds. The van der Waals surface area contributed by atoms with E-state index in [1.165, 1.54) is 7.05 Å². The van der Waals surface area contributed by atoms with Crippen molar-refractivity contribution in [3.63, 3.8) is 0 Å². The largest absolute Gasteiger partial charge is 1.00 e. The number of likely N-dealkylation sites (N-methyl/N-ethyl adjacent to an activating group) is 1. The van der Waals surface area contributed by atoms with E-state index >= 15 is 0 Å². The summed E-state index contributed by atoms with van der Waals surface area (Å²) >= 11 is 0. The number of nitrogens with two attached hydrogens (primary N) is 1. The predicted molar refractivity (Wildman–Crippen MR) is 55.9 cm³/mol. The summed E-state index contributed by atoms with van der Waals surface area (Å²) in [4.78, 5) is 32.6. The van der Waals surface area contributed by atoms with Crippen LogP contribution in [0, 0.1) is 5.41 Å². The molecule has 0 aliphatic heterocycles. The van der Waals surface area contributed by atoms with Crippen LogP contribution in [-0.2, 0) is 9.36 Å². The van der Waals surface area contributed by atoms with Crippen molar-refractivity contribution in [2.45, 2.75) is 0 Å². The van der Waals surface area contributed by atoms with Crippen LogP contribution in [0.5, 0.6) is 0 Å². The molecule has 0 rings (SSSR count). The Morgan fingerprint density at radius 3 is 1.61 bits per heavy atom. The maximum Gasteiger partial charge on any atom is 1.00 e. The number of guanidine groups is 1. The van der Waals surface area contributed by atoms with Gasteiger partial charge in [-0.15, -0.1) is 0 Å². The Hall–Kier alpha value is 0.770. The molecular formula is C4H18N3Na2O8P. The predicted octanol–water partition coefficient (Wildman–Crippen LogP) is -9.45. The molecule has 0 saturated heterocycles. The van der Waals surface area contributed by atoms with Gasteiger partial charge in [0.05, 0.1) is 0 Å². The summed E-state index contributed by atoms with van der Waals surface area (Å²) in [6, 6.07) is 0. The Bertz CT molecular complexity index is 262. The maximum atomic E-state index is 9.92. The number of carbonyl (C=O) groups is 1. The molecule has 0 fully saturated rings. The number of hydrogen-bond acceptors (Lipinski definition) is 3. The van der Waals surface area contributed by atoms with Crippen LogP contribution in [0.15, 0.2) is 0 Å². The molecular weight excluding hydrogens is 295 g/mol. The van der Waals surface area contributed by atoms with Gasteiger partial charge in [0, 0.05) is 7.05 Å². The van der Waals surface area contributed by atoms with Crippen molar-refractivity contribution >= 4 is 19.8 Å². The first-order valence-corrected chi connectivity index (χ1v) is 4.65. The fourth-order valence-corrected chi connectivity index (χ4v) is 0.288. The Morgan fingerprint density at radius 2 is 1.56 bits per heavy atom. The van der Waals surface area contributed by atoms with Crippen molar-refractivity contribution in [1.29, 1.82) is 5.41 Å². The van der Waals surface area contributed by atoms with Crippen LogP contribution in [0.2, 0.25) is 0 Å². The van der Waals surface area contributed by atoms with Crippen molar-refractivity contribution in [3.05, 3.63) is 0 Å². The van der Waals surface area contributed by atoms with Crippen LogP contribution in [0.25, 0.3) is 0 Å². The molecule has 0 heterocycles. The summed E-state index contributed by atoms with van der Waals surface area (Å²) in [6.45, 7) is -0.227. The molecule has 0 aliphatic carbocycles. The minimum atomic E-state index is -4.64. The number of nitrogens with one attached hydrogen (secondary N) is 1. The van der Waals surface area contributed by atoms with Gasteiger partial charge in [-0.25, -0.2) is 4.57 Å². The van der Waals surface area contributed by atoms with Crippen molar-refractivity contribution in [1.82, 2.24) is 4.90 Å². The zero-order chi connectivity index (χ0) is 11.9. The molecule has 0 saturated carbocycles. The van der Waals surface area contributed by atoms with E-state index in [1.54, 1.807) is 0 Å². The van der Waals surface area contributed by atoms with Gasteiger partial charge in [0.25, 0.3) is 0 Å². The number of nitrogens with zero attached hydrogens (tertiary/aromatic N) is 1. The Balaban J connectivity index is -0.0000000199. The molecule has 0 aromatic carbocycles. The molecule has 0 aliphatic rings. The van der Waals surface area contributed by atoms with Gasteiger partial charge in [-0.2, -0.15) is 0 Å². The second-order valence-corrected chi connectivity index (χ2v) is 3.17.